The lowest BCUT2D eigenvalue weighted by atomic mass is 10.9. The maximum Gasteiger partial charge on any atom is 0.340 e. The molecule has 0 aromatic rings. The van der Waals surface area contributed by atoms with E-state index in [2.05, 4.69) is 15.1 Å². The Hall–Kier alpha value is -0.810. The van der Waals surface area contributed by atoms with Gasteiger partial charge in [0, 0.05) is 21.2 Å². The highest BCUT2D eigenvalue weighted by molar-refractivity contribution is 5.72. The van der Waals surface area contributed by atoms with Gasteiger partial charge in [-0.05, 0) is 0 Å². The predicted octanol–water partition coefficient (Wildman–Crippen LogP) is -0.207. The Kier molecular flexibility index (Phi) is 4.61. The molecule has 0 aromatic heterocycles. The summed E-state index contributed by atoms with van der Waals surface area (Å²) in [7, 11) is 4.71. The van der Waals surface area contributed by atoms with E-state index in [0.717, 1.165) is 0 Å². The highest BCUT2D eigenvalue weighted by atomic mass is 16.8. The average Bonchev–Trinajstić information content (AvgIpc) is 1.88. The first-order valence-electron chi connectivity index (χ1n) is 2.76. The lowest BCUT2D eigenvalue weighted by molar-refractivity contribution is -0.0691. The fourth-order valence-corrected chi connectivity index (χ4v) is 0.241. The average molecular weight is 148 g/mol. The molecule has 0 aromatic carbocycles. The molecule has 60 valence electrons. The second-order valence-electron chi connectivity index (χ2n) is 1.85. The third kappa shape index (κ3) is 4.11. The zero-order valence-electron chi connectivity index (χ0n) is 6.38. The summed E-state index contributed by atoms with van der Waals surface area (Å²) in [4.78, 5) is 16.6. The van der Waals surface area contributed by atoms with E-state index in [1.807, 2.05) is 0 Å². The lowest BCUT2D eigenvalue weighted by Gasteiger charge is -2.10. The second-order valence-corrected chi connectivity index (χ2v) is 1.85. The standard InChI is InChI=1S/C5H12N2O3/c1-7(2)5(8)6-10-4-9-3/h4H2,1-3H3,(H,6,8). The van der Waals surface area contributed by atoms with Crippen molar-refractivity contribution in [3.63, 3.8) is 0 Å². The molecule has 0 aliphatic carbocycles. The van der Waals surface area contributed by atoms with Crippen LogP contribution < -0.4 is 5.48 Å². The number of ether oxygens (including phenoxy) is 1. The van der Waals surface area contributed by atoms with Crippen LogP contribution in [-0.4, -0.2) is 38.9 Å². The lowest BCUT2D eigenvalue weighted by Crippen LogP contribution is -2.34. The van der Waals surface area contributed by atoms with E-state index in [0.29, 0.717) is 0 Å². The van der Waals surface area contributed by atoms with Crippen LogP contribution in [0.4, 0.5) is 4.79 Å². The molecule has 0 heterocycles. The van der Waals surface area contributed by atoms with Gasteiger partial charge in [0.25, 0.3) is 0 Å². The van der Waals surface area contributed by atoms with Crippen LogP contribution in [0.25, 0.3) is 0 Å². The van der Waals surface area contributed by atoms with Crippen LogP contribution in [0.3, 0.4) is 0 Å². The molecule has 1 N–H and O–H groups in total. The molecule has 0 aliphatic heterocycles. The minimum Gasteiger partial charge on any atom is -0.356 e. The predicted molar refractivity (Wildman–Crippen MR) is 35.2 cm³/mol. The Morgan fingerprint density at radius 2 is 2.20 bits per heavy atom. The number of nitrogens with one attached hydrogen (secondary N) is 1. The first kappa shape index (κ1) is 9.19. The fraction of sp³-hybridized carbons (Fsp3) is 0.800. The van der Waals surface area contributed by atoms with Crippen LogP contribution in [0, 0.1) is 0 Å². The van der Waals surface area contributed by atoms with Gasteiger partial charge in [-0.15, -0.1) is 0 Å². The van der Waals surface area contributed by atoms with E-state index < -0.39 is 0 Å². The topological polar surface area (TPSA) is 50.8 Å². The number of methoxy groups -OCH3 is 1. The van der Waals surface area contributed by atoms with Crippen molar-refractivity contribution in [3.05, 3.63) is 0 Å². The van der Waals surface area contributed by atoms with Crippen molar-refractivity contribution in [1.82, 2.24) is 10.4 Å². The Labute approximate surface area is 59.9 Å². The molecule has 2 amide bonds. The summed E-state index contributed by atoms with van der Waals surface area (Å²) < 4.78 is 4.52. The van der Waals surface area contributed by atoms with Crippen LogP contribution >= 0.6 is 0 Å². The van der Waals surface area contributed by atoms with Crippen molar-refractivity contribution < 1.29 is 14.4 Å². The van der Waals surface area contributed by atoms with Crippen molar-refractivity contribution in [3.8, 4) is 0 Å². The molecular formula is C5H12N2O3. The summed E-state index contributed by atoms with van der Waals surface area (Å²) in [5.41, 5.74) is 2.14. The Bertz CT molecular complexity index is 105. The minimum absolute atomic E-state index is 0.0551. The Morgan fingerprint density at radius 1 is 1.60 bits per heavy atom. The maximum atomic E-state index is 10.7. The number of hydrogen-bond donors (Lipinski definition) is 1. The van der Waals surface area contributed by atoms with Crippen LogP contribution in [-0.2, 0) is 9.57 Å². The molecule has 0 spiro atoms. The van der Waals surface area contributed by atoms with Gasteiger partial charge in [-0.3, -0.25) is 0 Å². The molecule has 0 aliphatic rings. The van der Waals surface area contributed by atoms with Gasteiger partial charge in [-0.1, -0.05) is 0 Å². The first-order chi connectivity index (χ1) is 4.68. The van der Waals surface area contributed by atoms with Gasteiger partial charge < -0.3 is 9.64 Å². The number of rotatable bonds is 3. The number of carbonyl (C=O) groups is 1. The molecular weight excluding hydrogens is 136 g/mol. The Balaban J connectivity index is 3.22. The zero-order valence-corrected chi connectivity index (χ0v) is 6.38. The van der Waals surface area contributed by atoms with Crippen molar-refractivity contribution >= 4 is 6.03 Å². The number of urea groups is 1. The van der Waals surface area contributed by atoms with Gasteiger partial charge in [0.1, 0.15) is 0 Å². The summed E-state index contributed by atoms with van der Waals surface area (Å²) in [6.07, 6.45) is 0. The largest absolute Gasteiger partial charge is 0.356 e. The van der Waals surface area contributed by atoms with Crippen molar-refractivity contribution in [2.45, 2.75) is 0 Å². The maximum absolute atomic E-state index is 10.7. The van der Waals surface area contributed by atoms with Crippen molar-refractivity contribution in [2.75, 3.05) is 28.0 Å². The molecule has 0 unspecified atom stereocenters. The second kappa shape index (κ2) is 5.01. The van der Waals surface area contributed by atoms with Crippen LogP contribution in [0.2, 0.25) is 0 Å². The van der Waals surface area contributed by atoms with Gasteiger partial charge in [-0.25, -0.2) is 15.1 Å². The third-order valence-electron chi connectivity index (χ3n) is 0.742. The minimum atomic E-state index is -0.308. The van der Waals surface area contributed by atoms with E-state index >= 15 is 0 Å². The molecule has 5 nitrogen and oxygen atoms in total. The number of amides is 2. The molecule has 0 saturated carbocycles. The monoisotopic (exact) mass is 148 g/mol. The fourth-order valence-electron chi connectivity index (χ4n) is 0.241. The molecule has 0 fully saturated rings. The molecule has 0 radical (unpaired) electrons. The van der Waals surface area contributed by atoms with E-state index in [9.17, 15) is 4.79 Å². The first-order valence-corrected chi connectivity index (χ1v) is 2.76. The zero-order chi connectivity index (χ0) is 7.98. The Morgan fingerprint density at radius 3 is 2.60 bits per heavy atom. The van der Waals surface area contributed by atoms with E-state index in [1.165, 1.54) is 12.0 Å². The van der Waals surface area contributed by atoms with Gasteiger partial charge in [-0.2, -0.15) is 0 Å². The normalized spacial score (nSPS) is 9.10. The van der Waals surface area contributed by atoms with Crippen LogP contribution in [0.15, 0.2) is 0 Å². The molecule has 0 saturated heterocycles. The van der Waals surface area contributed by atoms with Gasteiger partial charge in [0.15, 0.2) is 6.79 Å². The highest BCUT2D eigenvalue weighted by Gasteiger charge is 1.99. The quantitative estimate of drug-likeness (QED) is 0.342. The van der Waals surface area contributed by atoms with E-state index in [4.69, 9.17) is 0 Å². The SMILES string of the molecule is COCONC(=O)N(C)C. The number of nitrogens with zero attached hydrogens (tertiary/aromatic N) is 1. The summed E-state index contributed by atoms with van der Waals surface area (Å²) in [5.74, 6) is 0. The molecule has 0 bridgehead atoms. The number of hydroxylamine groups is 1. The van der Waals surface area contributed by atoms with E-state index in [1.54, 1.807) is 14.1 Å². The summed E-state index contributed by atoms with van der Waals surface area (Å²) >= 11 is 0. The summed E-state index contributed by atoms with van der Waals surface area (Å²) in [6.45, 7) is 0.0551. The molecule has 10 heavy (non-hydrogen) atoms. The number of carbonyl (C=O) groups excluding carboxylic acids is 1. The number of hydrogen-bond acceptors (Lipinski definition) is 3. The van der Waals surface area contributed by atoms with Crippen LogP contribution in [0.1, 0.15) is 0 Å². The molecule has 5 heteroatoms. The smallest absolute Gasteiger partial charge is 0.340 e. The van der Waals surface area contributed by atoms with E-state index in [-0.39, 0.29) is 12.8 Å². The molecule has 0 atom stereocenters. The summed E-state index contributed by atoms with van der Waals surface area (Å²) in [6, 6.07) is -0.308. The van der Waals surface area contributed by atoms with Crippen molar-refractivity contribution in [2.24, 2.45) is 0 Å². The van der Waals surface area contributed by atoms with Gasteiger partial charge in [0.2, 0.25) is 0 Å². The van der Waals surface area contributed by atoms with Crippen LogP contribution in [0.5, 0.6) is 0 Å². The highest BCUT2D eigenvalue weighted by Crippen LogP contribution is 1.76. The molecule has 0 rings (SSSR count). The van der Waals surface area contributed by atoms with Gasteiger partial charge in [0.05, 0.1) is 0 Å². The third-order valence-corrected chi connectivity index (χ3v) is 0.742. The summed E-state index contributed by atoms with van der Waals surface area (Å²) in [5, 5.41) is 0. The van der Waals surface area contributed by atoms with Gasteiger partial charge >= 0.3 is 6.03 Å². The van der Waals surface area contributed by atoms with Crippen molar-refractivity contribution in [1.29, 1.82) is 0 Å².